The number of aromatic nitrogens is 2. The second-order valence-electron chi connectivity index (χ2n) is 4.98. The maximum Gasteiger partial charge on any atom is 0.322 e. The topological polar surface area (TPSA) is 112 Å². The number of H-pyrrole nitrogens is 1. The highest BCUT2D eigenvalue weighted by atomic mass is 79.9. The maximum atomic E-state index is 12.3. The molecule has 0 unspecified atom stereocenters. The molecule has 3 N–H and O–H groups in total. The van der Waals surface area contributed by atoms with E-state index in [1.807, 2.05) is 18.2 Å². The van der Waals surface area contributed by atoms with Gasteiger partial charge in [0.25, 0.3) is 10.0 Å². The van der Waals surface area contributed by atoms with Gasteiger partial charge in [-0.3, -0.25) is 4.79 Å². The number of aliphatic carboxylic acids is 1. The number of benzene rings is 1. The predicted octanol–water partition coefficient (Wildman–Crippen LogP) is 2.36. The lowest BCUT2D eigenvalue weighted by molar-refractivity contribution is -0.138. The second-order valence-corrected chi connectivity index (χ2v) is 9.38. The van der Waals surface area contributed by atoms with E-state index in [0.29, 0.717) is 15.1 Å². The largest absolute Gasteiger partial charge is 0.480 e. The molecule has 0 fully saturated rings. The molecular weight excluding hydrogens is 418 g/mol. The van der Waals surface area contributed by atoms with Crippen LogP contribution in [0.3, 0.4) is 0 Å². The molecule has 0 radical (unpaired) electrons. The number of nitrogens with zero attached hydrogens (tertiary/aromatic N) is 1. The summed E-state index contributed by atoms with van der Waals surface area (Å²) in [4.78, 5) is 18.7. The average Bonchev–Trinajstić information content (AvgIpc) is 3.12. The number of carbonyl (C=O) groups is 1. The number of imidazole rings is 1. The summed E-state index contributed by atoms with van der Waals surface area (Å²) in [5.74, 6) is -0.867. The first-order valence-corrected chi connectivity index (χ1v) is 9.88. The van der Waals surface area contributed by atoms with Crippen molar-refractivity contribution in [3.63, 3.8) is 0 Å². The molecule has 2 heterocycles. The number of carboxylic acids is 1. The number of halogens is 1. The van der Waals surface area contributed by atoms with Crippen LogP contribution in [0.15, 0.2) is 44.4 Å². The Kier molecular flexibility index (Phi) is 4.72. The molecule has 10 heteroatoms. The van der Waals surface area contributed by atoms with Gasteiger partial charge in [-0.15, -0.1) is 11.3 Å². The van der Waals surface area contributed by atoms with E-state index < -0.39 is 22.0 Å². The third kappa shape index (κ3) is 3.66. The number of thiophene rings is 1. The third-order valence-electron chi connectivity index (χ3n) is 3.24. The Bertz CT molecular complexity index is 963. The fourth-order valence-corrected chi connectivity index (χ4v) is 5.38. The Hall–Kier alpha value is -1.75. The van der Waals surface area contributed by atoms with Gasteiger partial charge < -0.3 is 10.1 Å². The van der Waals surface area contributed by atoms with Crippen molar-refractivity contribution < 1.29 is 18.3 Å². The number of sulfonamides is 1. The molecule has 0 aliphatic rings. The first-order chi connectivity index (χ1) is 11.3. The van der Waals surface area contributed by atoms with E-state index in [4.69, 9.17) is 0 Å². The molecule has 126 valence electrons. The molecule has 0 saturated carbocycles. The SMILES string of the molecule is O=C(O)[C@@H](Cc1nc2ccccc2[nH]1)NS(=O)(=O)c1ccc(Br)s1. The zero-order chi connectivity index (χ0) is 17.3. The molecule has 0 saturated heterocycles. The minimum absolute atomic E-state index is 0.0465. The minimum atomic E-state index is -3.92. The molecule has 24 heavy (non-hydrogen) atoms. The van der Waals surface area contributed by atoms with Crippen molar-refractivity contribution in [3.8, 4) is 0 Å². The molecule has 0 aliphatic carbocycles. The molecule has 7 nitrogen and oxygen atoms in total. The lowest BCUT2D eigenvalue weighted by atomic mass is 10.2. The van der Waals surface area contributed by atoms with Crippen LogP contribution >= 0.6 is 27.3 Å². The maximum absolute atomic E-state index is 12.3. The van der Waals surface area contributed by atoms with Crippen molar-refractivity contribution in [2.75, 3.05) is 0 Å². The quantitative estimate of drug-likeness (QED) is 0.556. The molecule has 1 aromatic carbocycles. The summed E-state index contributed by atoms with van der Waals surface area (Å²) in [7, 11) is -3.92. The first-order valence-electron chi connectivity index (χ1n) is 6.79. The van der Waals surface area contributed by atoms with Crippen LogP contribution in [0, 0.1) is 0 Å². The van der Waals surface area contributed by atoms with Gasteiger partial charge in [-0.2, -0.15) is 4.72 Å². The van der Waals surface area contributed by atoms with Gasteiger partial charge in [0.05, 0.1) is 14.8 Å². The summed E-state index contributed by atoms with van der Waals surface area (Å²) in [6.45, 7) is 0. The number of hydrogen-bond acceptors (Lipinski definition) is 5. The van der Waals surface area contributed by atoms with E-state index in [1.165, 1.54) is 6.07 Å². The monoisotopic (exact) mass is 429 g/mol. The highest BCUT2D eigenvalue weighted by Crippen LogP contribution is 2.26. The normalized spacial score (nSPS) is 13.2. The van der Waals surface area contributed by atoms with Crippen LogP contribution in [0.1, 0.15) is 5.82 Å². The number of para-hydroxylation sites is 2. The van der Waals surface area contributed by atoms with Gasteiger partial charge in [-0.25, -0.2) is 13.4 Å². The molecule has 0 aliphatic heterocycles. The van der Waals surface area contributed by atoms with Crippen LogP contribution in [0.5, 0.6) is 0 Å². The van der Waals surface area contributed by atoms with Crippen LogP contribution in [0.4, 0.5) is 0 Å². The summed E-state index contributed by atoms with van der Waals surface area (Å²) in [5.41, 5.74) is 1.46. The number of hydrogen-bond donors (Lipinski definition) is 3. The zero-order valence-electron chi connectivity index (χ0n) is 12.1. The smallest absolute Gasteiger partial charge is 0.322 e. The zero-order valence-corrected chi connectivity index (χ0v) is 15.3. The van der Waals surface area contributed by atoms with Crippen LogP contribution in [-0.4, -0.2) is 35.5 Å². The fraction of sp³-hybridized carbons (Fsp3) is 0.143. The summed E-state index contributed by atoms with van der Waals surface area (Å²) in [6.07, 6.45) is -0.0875. The third-order valence-corrected chi connectivity index (χ3v) is 6.83. The van der Waals surface area contributed by atoms with Crippen LogP contribution in [0.2, 0.25) is 0 Å². The first kappa shape index (κ1) is 17.1. The van der Waals surface area contributed by atoms with Crippen LogP contribution in [-0.2, 0) is 21.2 Å². The van der Waals surface area contributed by atoms with Gasteiger partial charge in [0.1, 0.15) is 16.1 Å². The van der Waals surface area contributed by atoms with Crippen molar-refractivity contribution in [2.24, 2.45) is 0 Å². The molecule has 3 aromatic rings. The molecule has 2 aromatic heterocycles. The number of fused-ring (bicyclic) bond motifs is 1. The lowest BCUT2D eigenvalue weighted by Crippen LogP contribution is -2.42. The van der Waals surface area contributed by atoms with Crippen LogP contribution in [0.25, 0.3) is 11.0 Å². The molecule has 3 rings (SSSR count). The van der Waals surface area contributed by atoms with Gasteiger partial charge in [-0.05, 0) is 40.2 Å². The van der Waals surface area contributed by atoms with Crippen molar-refractivity contribution in [1.29, 1.82) is 0 Å². The van der Waals surface area contributed by atoms with Crippen molar-refractivity contribution >= 4 is 54.3 Å². The van der Waals surface area contributed by atoms with Gasteiger partial charge in [-0.1, -0.05) is 12.1 Å². The molecular formula is C14H12BrN3O4S2. The Balaban J connectivity index is 1.83. The average molecular weight is 430 g/mol. The summed E-state index contributed by atoms with van der Waals surface area (Å²) >= 11 is 4.20. The molecule has 1 atom stereocenters. The number of aromatic amines is 1. The Morgan fingerprint density at radius 3 is 2.71 bits per heavy atom. The van der Waals surface area contributed by atoms with E-state index in [0.717, 1.165) is 16.9 Å². The van der Waals surface area contributed by atoms with Crippen molar-refractivity contribution in [1.82, 2.24) is 14.7 Å². The van der Waals surface area contributed by atoms with Crippen molar-refractivity contribution in [2.45, 2.75) is 16.7 Å². The fourth-order valence-electron chi connectivity index (χ4n) is 2.16. The van der Waals surface area contributed by atoms with E-state index in [1.54, 1.807) is 12.1 Å². The van der Waals surface area contributed by atoms with Crippen molar-refractivity contribution in [3.05, 3.63) is 46.0 Å². The standard InChI is InChI=1S/C14H12BrN3O4S2/c15-11-5-6-13(23-11)24(21,22)18-10(14(19)20)7-12-16-8-3-1-2-4-9(8)17-12/h1-6,10,18H,7H2,(H,16,17)(H,19,20)/t10-/m1/s1. The van der Waals surface area contributed by atoms with Gasteiger partial charge in [0.2, 0.25) is 0 Å². The number of nitrogens with one attached hydrogen (secondary N) is 2. The molecule has 0 amide bonds. The number of carboxylic acid groups (broad SMARTS) is 1. The highest BCUT2D eigenvalue weighted by Gasteiger charge is 2.27. The predicted molar refractivity (Wildman–Crippen MR) is 93.6 cm³/mol. The Morgan fingerprint density at radius 1 is 1.33 bits per heavy atom. The number of rotatable bonds is 6. The summed E-state index contributed by atoms with van der Waals surface area (Å²) in [6, 6.07) is 8.94. The molecule has 0 bridgehead atoms. The van der Waals surface area contributed by atoms with Gasteiger partial charge in [0, 0.05) is 6.42 Å². The summed E-state index contributed by atoms with van der Waals surface area (Å²) < 4.78 is 27.5. The van der Waals surface area contributed by atoms with E-state index in [-0.39, 0.29) is 10.6 Å². The van der Waals surface area contributed by atoms with Gasteiger partial charge in [0.15, 0.2) is 0 Å². The molecule has 0 spiro atoms. The summed E-state index contributed by atoms with van der Waals surface area (Å²) in [5, 5.41) is 9.35. The van der Waals surface area contributed by atoms with Gasteiger partial charge >= 0.3 is 5.97 Å². The Labute approximate surface area is 149 Å². The highest BCUT2D eigenvalue weighted by molar-refractivity contribution is 9.11. The van der Waals surface area contributed by atoms with E-state index in [2.05, 4.69) is 30.6 Å². The second kappa shape index (κ2) is 6.63. The van der Waals surface area contributed by atoms with E-state index >= 15 is 0 Å². The van der Waals surface area contributed by atoms with Crippen LogP contribution < -0.4 is 4.72 Å². The lowest BCUT2D eigenvalue weighted by Gasteiger charge is -2.12. The Morgan fingerprint density at radius 2 is 2.08 bits per heavy atom. The van der Waals surface area contributed by atoms with E-state index in [9.17, 15) is 18.3 Å². The minimum Gasteiger partial charge on any atom is -0.480 e.